The Morgan fingerprint density at radius 2 is 1.93 bits per heavy atom. The summed E-state index contributed by atoms with van der Waals surface area (Å²) in [6.45, 7) is 0.644. The predicted octanol–water partition coefficient (Wildman–Crippen LogP) is 2.14. The van der Waals surface area contributed by atoms with Gasteiger partial charge in [0.15, 0.2) is 0 Å². The molecule has 150 valence electrons. The summed E-state index contributed by atoms with van der Waals surface area (Å²) in [5, 5.41) is 13.9. The molecule has 1 aromatic heterocycles. The molecule has 1 unspecified atom stereocenters. The second-order valence-corrected chi connectivity index (χ2v) is 8.53. The number of nitrogens with zero attached hydrogens (tertiary/aromatic N) is 1. The lowest BCUT2D eigenvalue weighted by Gasteiger charge is -2.29. The summed E-state index contributed by atoms with van der Waals surface area (Å²) in [5.74, 6) is -0.0535. The highest BCUT2D eigenvalue weighted by Crippen LogP contribution is 2.21. The SMILES string of the molecule is O=C(NCC(O)c1ccco1)C1CCN(S(=O)(=O)/C=C/c2ccccc2)CC1. The second-order valence-electron chi connectivity index (χ2n) is 6.71. The van der Waals surface area contributed by atoms with E-state index in [0.717, 1.165) is 5.56 Å². The van der Waals surface area contributed by atoms with E-state index in [4.69, 9.17) is 4.42 Å². The number of amides is 1. The van der Waals surface area contributed by atoms with Gasteiger partial charge in [-0.15, -0.1) is 0 Å². The summed E-state index contributed by atoms with van der Waals surface area (Å²) in [6, 6.07) is 12.5. The van der Waals surface area contributed by atoms with Gasteiger partial charge < -0.3 is 14.8 Å². The van der Waals surface area contributed by atoms with Gasteiger partial charge in [0.1, 0.15) is 11.9 Å². The predicted molar refractivity (Wildman–Crippen MR) is 105 cm³/mol. The minimum absolute atomic E-state index is 0.0602. The van der Waals surface area contributed by atoms with Crippen LogP contribution in [0.4, 0.5) is 0 Å². The first-order chi connectivity index (χ1) is 13.5. The molecule has 0 saturated carbocycles. The van der Waals surface area contributed by atoms with E-state index in [1.807, 2.05) is 30.3 Å². The van der Waals surface area contributed by atoms with E-state index < -0.39 is 16.1 Å². The van der Waals surface area contributed by atoms with Crippen LogP contribution < -0.4 is 5.32 Å². The Bertz CT molecular complexity index is 886. The lowest BCUT2D eigenvalue weighted by molar-refractivity contribution is -0.126. The van der Waals surface area contributed by atoms with Crippen LogP contribution in [0.2, 0.25) is 0 Å². The van der Waals surface area contributed by atoms with Crippen LogP contribution >= 0.6 is 0 Å². The first-order valence-corrected chi connectivity index (χ1v) is 10.7. The molecular formula is C20H24N2O5S. The van der Waals surface area contributed by atoms with E-state index in [9.17, 15) is 18.3 Å². The summed E-state index contributed by atoms with van der Waals surface area (Å²) in [6.07, 6.45) is 3.03. The third-order valence-corrected chi connectivity index (χ3v) is 6.32. The smallest absolute Gasteiger partial charge is 0.236 e. The van der Waals surface area contributed by atoms with Gasteiger partial charge in [0.05, 0.1) is 12.8 Å². The Morgan fingerprint density at radius 1 is 1.21 bits per heavy atom. The molecule has 1 amide bonds. The molecule has 0 aliphatic carbocycles. The van der Waals surface area contributed by atoms with Crippen molar-refractivity contribution in [2.75, 3.05) is 19.6 Å². The van der Waals surface area contributed by atoms with Crippen molar-refractivity contribution < 1.29 is 22.7 Å². The number of benzene rings is 1. The molecule has 2 N–H and O–H groups in total. The van der Waals surface area contributed by atoms with Gasteiger partial charge in [0.2, 0.25) is 15.9 Å². The number of hydrogen-bond donors (Lipinski definition) is 2. The van der Waals surface area contributed by atoms with Crippen molar-refractivity contribution in [3.05, 3.63) is 65.5 Å². The number of furan rings is 1. The summed E-state index contributed by atoms with van der Waals surface area (Å²) < 4.78 is 31.4. The minimum atomic E-state index is -3.52. The number of aliphatic hydroxyl groups is 1. The molecule has 1 atom stereocenters. The quantitative estimate of drug-likeness (QED) is 0.737. The summed E-state index contributed by atoms with van der Waals surface area (Å²) in [7, 11) is -3.52. The van der Waals surface area contributed by atoms with E-state index in [1.165, 1.54) is 16.0 Å². The Balaban J connectivity index is 1.48. The van der Waals surface area contributed by atoms with Crippen molar-refractivity contribution >= 4 is 22.0 Å². The zero-order chi connectivity index (χ0) is 20.0. The molecule has 1 aliphatic heterocycles. The van der Waals surface area contributed by atoms with Crippen LogP contribution in [0.25, 0.3) is 6.08 Å². The highest BCUT2D eigenvalue weighted by Gasteiger charge is 2.30. The Hall–Kier alpha value is -2.42. The zero-order valence-corrected chi connectivity index (χ0v) is 16.2. The molecule has 1 aliphatic rings. The first kappa shape index (κ1) is 20.3. The molecule has 2 aromatic rings. The van der Waals surface area contributed by atoms with Gasteiger partial charge in [-0.1, -0.05) is 30.3 Å². The summed E-state index contributed by atoms with van der Waals surface area (Å²) in [5.41, 5.74) is 0.815. The van der Waals surface area contributed by atoms with Crippen LogP contribution in [-0.4, -0.2) is 43.4 Å². The third-order valence-electron chi connectivity index (χ3n) is 4.76. The molecule has 1 saturated heterocycles. The second kappa shape index (κ2) is 9.18. The normalized spacial score (nSPS) is 17.6. The van der Waals surface area contributed by atoms with Crippen LogP contribution in [0.15, 0.2) is 58.6 Å². The topological polar surface area (TPSA) is 99.8 Å². The van der Waals surface area contributed by atoms with Gasteiger partial charge in [-0.25, -0.2) is 8.42 Å². The third kappa shape index (κ3) is 5.31. The van der Waals surface area contributed by atoms with E-state index in [-0.39, 0.29) is 18.4 Å². The van der Waals surface area contributed by atoms with Crippen LogP contribution in [0.3, 0.4) is 0 Å². The fraction of sp³-hybridized carbons (Fsp3) is 0.350. The number of carbonyl (C=O) groups excluding carboxylic acids is 1. The van der Waals surface area contributed by atoms with Gasteiger partial charge in [0.25, 0.3) is 0 Å². The molecule has 7 nitrogen and oxygen atoms in total. The number of aliphatic hydroxyl groups excluding tert-OH is 1. The van der Waals surface area contributed by atoms with Crippen molar-refractivity contribution in [1.82, 2.24) is 9.62 Å². The van der Waals surface area contributed by atoms with Crippen LogP contribution in [0.5, 0.6) is 0 Å². The van der Waals surface area contributed by atoms with E-state index >= 15 is 0 Å². The fourth-order valence-electron chi connectivity index (χ4n) is 3.11. The number of sulfonamides is 1. The number of nitrogens with one attached hydrogen (secondary N) is 1. The Labute approximate surface area is 164 Å². The molecule has 0 radical (unpaired) electrons. The van der Waals surface area contributed by atoms with Crippen LogP contribution in [0, 0.1) is 5.92 Å². The van der Waals surface area contributed by atoms with Crippen LogP contribution in [-0.2, 0) is 14.8 Å². The van der Waals surface area contributed by atoms with E-state index in [2.05, 4.69) is 5.32 Å². The molecule has 1 aromatic carbocycles. The maximum Gasteiger partial charge on any atom is 0.236 e. The lowest BCUT2D eigenvalue weighted by atomic mass is 9.97. The molecule has 8 heteroatoms. The van der Waals surface area contributed by atoms with Gasteiger partial charge in [0, 0.05) is 24.4 Å². The van der Waals surface area contributed by atoms with Crippen molar-refractivity contribution in [2.24, 2.45) is 5.92 Å². The largest absolute Gasteiger partial charge is 0.467 e. The average molecular weight is 404 g/mol. The average Bonchev–Trinajstić information content (AvgIpc) is 3.26. The highest BCUT2D eigenvalue weighted by molar-refractivity contribution is 7.92. The van der Waals surface area contributed by atoms with Crippen molar-refractivity contribution in [2.45, 2.75) is 18.9 Å². The molecule has 0 bridgehead atoms. The zero-order valence-electron chi connectivity index (χ0n) is 15.4. The number of piperidine rings is 1. The van der Waals surface area contributed by atoms with Crippen molar-refractivity contribution in [3.63, 3.8) is 0 Å². The number of rotatable bonds is 7. The van der Waals surface area contributed by atoms with Gasteiger partial charge in [-0.05, 0) is 36.6 Å². The molecule has 0 spiro atoms. The van der Waals surface area contributed by atoms with Gasteiger partial charge in [-0.3, -0.25) is 4.79 Å². The van der Waals surface area contributed by atoms with Crippen molar-refractivity contribution in [3.8, 4) is 0 Å². The van der Waals surface area contributed by atoms with E-state index in [1.54, 1.807) is 18.2 Å². The highest BCUT2D eigenvalue weighted by atomic mass is 32.2. The minimum Gasteiger partial charge on any atom is -0.467 e. The standard InChI is InChI=1S/C20H24N2O5S/c23-18(19-7-4-13-27-19)15-21-20(24)17-8-11-22(12-9-17)28(25,26)14-10-16-5-2-1-3-6-16/h1-7,10,13-14,17-18,23H,8-9,11-12,15H2,(H,21,24)/b14-10+. The Kier molecular flexibility index (Phi) is 6.66. The van der Waals surface area contributed by atoms with Gasteiger partial charge in [-0.2, -0.15) is 4.31 Å². The van der Waals surface area contributed by atoms with E-state index in [0.29, 0.717) is 31.7 Å². The van der Waals surface area contributed by atoms with Gasteiger partial charge >= 0.3 is 0 Å². The Morgan fingerprint density at radius 3 is 2.57 bits per heavy atom. The molecule has 3 rings (SSSR count). The summed E-state index contributed by atoms with van der Waals surface area (Å²) >= 11 is 0. The fourth-order valence-corrected chi connectivity index (χ4v) is 4.33. The number of hydrogen-bond acceptors (Lipinski definition) is 5. The molecule has 2 heterocycles. The molecular weight excluding hydrogens is 380 g/mol. The first-order valence-electron chi connectivity index (χ1n) is 9.18. The maximum absolute atomic E-state index is 12.5. The maximum atomic E-state index is 12.5. The number of carbonyl (C=O) groups is 1. The van der Waals surface area contributed by atoms with Crippen molar-refractivity contribution in [1.29, 1.82) is 0 Å². The molecule has 1 fully saturated rings. The monoisotopic (exact) mass is 404 g/mol. The lowest BCUT2D eigenvalue weighted by Crippen LogP contribution is -2.43. The molecule has 28 heavy (non-hydrogen) atoms. The summed E-state index contributed by atoms with van der Waals surface area (Å²) in [4.78, 5) is 12.3. The van der Waals surface area contributed by atoms with Crippen LogP contribution in [0.1, 0.15) is 30.3 Å².